The average molecular weight is 298 g/mol. The van der Waals surface area contributed by atoms with Gasteiger partial charge in [-0.25, -0.2) is 0 Å². The second-order valence-corrected chi connectivity index (χ2v) is 6.34. The summed E-state index contributed by atoms with van der Waals surface area (Å²) in [6.07, 6.45) is 1.46. The molecule has 3 nitrogen and oxygen atoms in total. The molecule has 0 aliphatic rings. The van der Waals surface area contributed by atoms with Gasteiger partial charge in [-0.1, -0.05) is 22.0 Å². The van der Waals surface area contributed by atoms with Gasteiger partial charge in [-0.15, -0.1) is 0 Å². The lowest BCUT2D eigenvalue weighted by atomic mass is 10.1. The van der Waals surface area contributed by atoms with Gasteiger partial charge in [0.25, 0.3) is 0 Å². The first kappa shape index (κ1) is 12.6. The summed E-state index contributed by atoms with van der Waals surface area (Å²) < 4.78 is 1.78. The number of quaternary nitrogens is 1. The van der Waals surface area contributed by atoms with Crippen LogP contribution in [-0.4, -0.2) is 42.3 Å². The second kappa shape index (κ2) is 4.44. The number of aromatic nitrogens is 1. The molecule has 2 rings (SSSR count). The van der Waals surface area contributed by atoms with Crippen LogP contribution in [0.2, 0.25) is 0 Å². The van der Waals surface area contributed by atoms with Crippen molar-refractivity contribution in [2.75, 3.05) is 27.7 Å². The maximum absolute atomic E-state index is 10.3. The van der Waals surface area contributed by atoms with Crippen LogP contribution in [0.25, 0.3) is 10.9 Å². The highest BCUT2D eigenvalue weighted by Crippen LogP contribution is 2.27. The number of likely N-dealkylation sites (N-methyl/N-ethyl adjacent to an activating group) is 1. The lowest BCUT2D eigenvalue weighted by Gasteiger charge is -2.26. The highest BCUT2D eigenvalue weighted by molar-refractivity contribution is 9.10. The lowest BCUT2D eigenvalue weighted by Crippen LogP contribution is -2.38. The van der Waals surface area contributed by atoms with Gasteiger partial charge >= 0.3 is 0 Å². The van der Waals surface area contributed by atoms with Crippen LogP contribution < -0.4 is 0 Å². The number of hydrogen-bond donors (Lipinski definition) is 2. The van der Waals surface area contributed by atoms with E-state index in [9.17, 15) is 5.11 Å². The van der Waals surface area contributed by atoms with Gasteiger partial charge in [0.1, 0.15) is 12.6 Å². The van der Waals surface area contributed by atoms with Crippen LogP contribution in [0.15, 0.2) is 28.9 Å². The Bertz CT molecular complexity index is 528. The molecule has 1 atom stereocenters. The normalized spacial score (nSPS) is 14.2. The number of aliphatic hydroxyl groups is 1. The Kier molecular flexibility index (Phi) is 3.30. The highest BCUT2D eigenvalue weighted by atomic mass is 79.9. The minimum atomic E-state index is -0.440. The molecule has 2 aromatic rings. The minimum absolute atomic E-state index is 0.440. The number of hydrogen-bond acceptors (Lipinski definition) is 1. The summed E-state index contributed by atoms with van der Waals surface area (Å²) in [7, 11) is 6.23. The smallest absolute Gasteiger partial charge is 0.130 e. The number of rotatable bonds is 3. The van der Waals surface area contributed by atoms with Crippen LogP contribution >= 0.6 is 15.9 Å². The number of fused-ring (bicyclic) bond motifs is 1. The van der Waals surface area contributed by atoms with Crippen molar-refractivity contribution in [2.45, 2.75) is 6.10 Å². The maximum atomic E-state index is 10.3. The molecule has 2 N–H and O–H groups in total. The molecule has 0 radical (unpaired) electrons. The van der Waals surface area contributed by atoms with E-state index < -0.39 is 6.10 Å². The summed E-state index contributed by atoms with van der Waals surface area (Å²) in [6.45, 7) is 0.697. The molecule has 1 aromatic carbocycles. The summed E-state index contributed by atoms with van der Waals surface area (Å²) in [6, 6.07) is 6.06. The van der Waals surface area contributed by atoms with E-state index in [1.807, 2.05) is 24.4 Å². The number of nitrogens with one attached hydrogen (secondary N) is 1. The van der Waals surface area contributed by atoms with Crippen LogP contribution in [0.1, 0.15) is 11.7 Å². The van der Waals surface area contributed by atoms with Crippen LogP contribution in [0.3, 0.4) is 0 Å². The standard InChI is InChI=1S/C13H18BrN2O/c1-16(2,3)8-13(17)11-7-15-12-6-9(14)4-5-10(11)12/h4-7,13,15,17H,8H2,1-3H3/q+1. The van der Waals surface area contributed by atoms with E-state index in [-0.39, 0.29) is 0 Å². The van der Waals surface area contributed by atoms with Crippen molar-refractivity contribution in [2.24, 2.45) is 0 Å². The van der Waals surface area contributed by atoms with Gasteiger partial charge in [-0.05, 0) is 12.1 Å². The van der Waals surface area contributed by atoms with Crippen LogP contribution in [0.4, 0.5) is 0 Å². The molecule has 0 spiro atoms. The zero-order valence-electron chi connectivity index (χ0n) is 10.4. The highest BCUT2D eigenvalue weighted by Gasteiger charge is 2.20. The first-order chi connectivity index (χ1) is 7.87. The fourth-order valence-corrected chi connectivity index (χ4v) is 2.37. The minimum Gasteiger partial charge on any atom is -0.382 e. The van der Waals surface area contributed by atoms with E-state index in [0.29, 0.717) is 6.54 Å². The largest absolute Gasteiger partial charge is 0.382 e. The van der Waals surface area contributed by atoms with Gasteiger partial charge in [0.15, 0.2) is 0 Å². The molecule has 1 heterocycles. The van der Waals surface area contributed by atoms with Gasteiger partial charge in [0, 0.05) is 27.1 Å². The number of H-pyrrole nitrogens is 1. The van der Waals surface area contributed by atoms with Crippen molar-refractivity contribution in [3.63, 3.8) is 0 Å². The summed E-state index contributed by atoms with van der Waals surface area (Å²) in [5, 5.41) is 11.4. The van der Waals surface area contributed by atoms with Crippen LogP contribution in [-0.2, 0) is 0 Å². The third-order valence-corrected chi connectivity index (χ3v) is 3.25. The van der Waals surface area contributed by atoms with E-state index in [0.717, 1.165) is 25.4 Å². The van der Waals surface area contributed by atoms with Crippen molar-refractivity contribution in [1.29, 1.82) is 0 Å². The summed E-state index contributed by atoms with van der Waals surface area (Å²) >= 11 is 3.44. The molecule has 0 saturated carbocycles. The molecular weight excluding hydrogens is 280 g/mol. The summed E-state index contributed by atoms with van der Waals surface area (Å²) in [4.78, 5) is 3.20. The fourth-order valence-electron chi connectivity index (χ4n) is 2.01. The molecule has 0 fully saturated rings. The summed E-state index contributed by atoms with van der Waals surface area (Å²) in [5.74, 6) is 0. The zero-order chi connectivity index (χ0) is 12.6. The SMILES string of the molecule is C[N+](C)(C)CC(O)c1c[nH]c2cc(Br)ccc12. The fraction of sp³-hybridized carbons (Fsp3) is 0.385. The Morgan fingerprint density at radius 2 is 2.06 bits per heavy atom. The Hall–Kier alpha value is -0.840. The Balaban J connectivity index is 2.36. The maximum Gasteiger partial charge on any atom is 0.130 e. The third-order valence-electron chi connectivity index (χ3n) is 2.76. The van der Waals surface area contributed by atoms with Gasteiger partial charge < -0.3 is 14.6 Å². The monoisotopic (exact) mass is 297 g/mol. The van der Waals surface area contributed by atoms with E-state index >= 15 is 0 Å². The first-order valence-electron chi connectivity index (χ1n) is 5.62. The van der Waals surface area contributed by atoms with Gasteiger partial charge in [-0.2, -0.15) is 0 Å². The third kappa shape index (κ3) is 2.89. The molecule has 0 aliphatic carbocycles. The number of aromatic amines is 1. The number of aliphatic hydroxyl groups excluding tert-OH is 1. The molecule has 1 aromatic heterocycles. The molecule has 0 bridgehead atoms. The van der Waals surface area contributed by atoms with Gasteiger partial charge in [-0.3, -0.25) is 0 Å². The Morgan fingerprint density at radius 1 is 1.35 bits per heavy atom. The second-order valence-electron chi connectivity index (χ2n) is 5.42. The van der Waals surface area contributed by atoms with E-state index in [1.165, 1.54) is 0 Å². The van der Waals surface area contributed by atoms with Crippen molar-refractivity contribution in [1.82, 2.24) is 4.98 Å². The topological polar surface area (TPSA) is 36.0 Å². The molecule has 0 saturated heterocycles. The zero-order valence-corrected chi connectivity index (χ0v) is 12.0. The van der Waals surface area contributed by atoms with Gasteiger partial charge in [0.05, 0.1) is 21.1 Å². The van der Waals surface area contributed by atoms with Crippen molar-refractivity contribution >= 4 is 26.8 Å². The van der Waals surface area contributed by atoms with Gasteiger partial charge in [0.2, 0.25) is 0 Å². The molecule has 17 heavy (non-hydrogen) atoms. The number of nitrogens with zero attached hydrogens (tertiary/aromatic N) is 1. The predicted octanol–water partition coefficient (Wildman–Crippen LogP) is 2.67. The van der Waals surface area contributed by atoms with Crippen molar-refractivity contribution < 1.29 is 9.59 Å². The lowest BCUT2D eigenvalue weighted by molar-refractivity contribution is -0.874. The first-order valence-corrected chi connectivity index (χ1v) is 6.41. The van der Waals surface area contributed by atoms with Crippen molar-refractivity contribution in [3.8, 4) is 0 Å². The molecule has 92 valence electrons. The molecule has 0 aliphatic heterocycles. The molecule has 4 heteroatoms. The van der Waals surface area contributed by atoms with E-state index in [4.69, 9.17) is 0 Å². The number of benzene rings is 1. The predicted molar refractivity (Wildman–Crippen MR) is 73.9 cm³/mol. The average Bonchev–Trinajstić information content (AvgIpc) is 2.57. The summed E-state index contributed by atoms with van der Waals surface area (Å²) in [5.41, 5.74) is 2.02. The van der Waals surface area contributed by atoms with Crippen molar-refractivity contribution in [3.05, 3.63) is 34.4 Å². The Morgan fingerprint density at radius 3 is 2.71 bits per heavy atom. The quantitative estimate of drug-likeness (QED) is 0.840. The van der Waals surface area contributed by atoms with E-state index in [2.05, 4.69) is 42.1 Å². The molecule has 0 amide bonds. The van der Waals surface area contributed by atoms with Crippen LogP contribution in [0.5, 0.6) is 0 Å². The van der Waals surface area contributed by atoms with E-state index in [1.54, 1.807) is 0 Å². The molecular formula is C13H18BrN2O+. The Labute approximate surface area is 110 Å². The molecule has 1 unspecified atom stereocenters. The number of halogens is 1. The van der Waals surface area contributed by atoms with Crippen LogP contribution in [0, 0.1) is 0 Å².